The summed E-state index contributed by atoms with van der Waals surface area (Å²) >= 11 is 0. The van der Waals surface area contributed by atoms with Crippen LogP contribution in [0.1, 0.15) is 48.2 Å². The van der Waals surface area contributed by atoms with Crippen LogP contribution in [0.3, 0.4) is 0 Å². The number of nitrogens with two attached hydrogens (primary N) is 1. The normalized spacial score (nSPS) is 20.7. The van der Waals surface area contributed by atoms with Gasteiger partial charge in [-0.2, -0.15) is 0 Å². The summed E-state index contributed by atoms with van der Waals surface area (Å²) in [6.07, 6.45) is 5.92. The van der Waals surface area contributed by atoms with Crippen molar-refractivity contribution in [3.63, 3.8) is 0 Å². The summed E-state index contributed by atoms with van der Waals surface area (Å²) in [7, 11) is 0. The second-order valence-corrected chi connectivity index (χ2v) is 8.34. The topological polar surface area (TPSA) is 80.9 Å². The summed E-state index contributed by atoms with van der Waals surface area (Å²) in [6, 6.07) is 6.80. The van der Waals surface area contributed by atoms with Crippen molar-refractivity contribution in [3.05, 3.63) is 77.5 Å². The largest absolute Gasteiger partial charge is 0.328 e. The van der Waals surface area contributed by atoms with Crippen molar-refractivity contribution in [2.75, 3.05) is 5.32 Å². The minimum atomic E-state index is -0.863. The number of amides is 1. The average Bonchev–Trinajstić information content (AvgIpc) is 2.75. The first-order chi connectivity index (χ1) is 15.3. The number of carbonyl (C=O) groups is 1. The van der Waals surface area contributed by atoms with Gasteiger partial charge in [0, 0.05) is 17.8 Å². The van der Waals surface area contributed by atoms with E-state index >= 15 is 0 Å². The van der Waals surface area contributed by atoms with Gasteiger partial charge in [0.25, 0.3) is 5.91 Å². The van der Waals surface area contributed by atoms with Crippen LogP contribution < -0.4 is 11.1 Å². The number of halogens is 3. The van der Waals surface area contributed by atoms with Gasteiger partial charge in [-0.3, -0.25) is 9.78 Å². The van der Waals surface area contributed by atoms with Gasteiger partial charge in [-0.25, -0.2) is 18.2 Å². The van der Waals surface area contributed by atoms with Crippen molar-refractivity contribution in [2.24, 2.45) is 11.7 Å². The Morgan fingerprint density at radius 1 is 1.06 bits per heavy atom. The van der Waals surface area contributed by atoms with E-state index in [9.17, 15) is 18.0 Å². The summed E-state index contributed by atoms with van der Waals surface area (Å²) in [6.45, 7) is 2.15. The van der Waals surface area contributed by atoms with E-state index in [4.69, 9.17) is 5.73 Å². The number of carbonyl (C=O) groups excluding carboxylic acids is 1. The van der Waals surface area contributed by atoms with Gasteiger partial charge in [-0.15, -0.1) is 0 Å². The maximum atomic E-state index is 14.3. The maximum absolute atomic E-state index is 14.3. The zero-order valence-electron chi connectivity index (χ0n) is 17.5. The lowest BCUT2D eigenvalue weighted by Gasteiger charge is -2.32. The lowest BCUT2D eigenvalue weighted by atomic mass is 9.76. The van der Waals surface area contributed by atoms with Gasteiger partial charge in [0.2, 0.25) is 0 Å². The first-order valence-electron chi connectivity index (χ1n) is 10.4. The average molecular weight is 440 g/mol. The highest BCUT2D eigenvalue weighted by molar-refractivity contribution is 6.03. The molecule has 1 aliphatic carbocycles. The summed E-state index contributed by atoms with van der Waals surface area (Å²) in [5.41, 5.74) is 6.72. The smallest absolute Gasteiger partial charge is 0.274 e. The number of benzene rings is 1. The van der Waals surface area contributed by atoms with Crippen LogP contribution in [-0.2, 0) is 0 Å². The van der Waals surface area contributed by atoms with Crippen LogP contribution in [0.25, 0.3) is 11.3 Å². The Morgan fingerprint density at radius 2 is 1.84 bits per heavy atom. The van der Waals surface area contributed by atoms with Crippen LogP contribution in [0.5, 0.6) is 0 Å². The van der Waals surface area contributed by atoms with Gasteiger partial charge in [-0.05, 0) is 73.1 Å². The van der Waals surface area contributed by atoms with Crippen LogP contribution in [0.4, 0.5) is 18.9 Å². The molecule has 0 bridgehead atoms. The summed E-state index contributed by atoms with van der Waals surface area (Å²) in [4.78, 5) is 21.0. The third-order valence-corrected chi connectivity index (χ3v) is 5.78. The van der Waals surface area contributed by atoms with Crippen LogP contribution in [0, 0.1) is 23.4 Å². The number of hydrogen-bond donors (Lipinski definition) is 2. The van der Waals surface area contributed by atoms with Crippen molar-refractivity contribution in [1.82, 2.24) is 9.97 Å². The number of nitrogens with one attached hydrogen (secondary N) is 1. The zero-order valence-corrected chi connectivity index (χ0v) is 17.5. The molecule has 2 aromatic heterocycles. The van der Waals surface area contributed by atoms with Crippen LogP contribution in [-0.4, -0.2) is 21.9 Å². The monoisotopic (exact) mass is 440 g/mol. The lowest BCUT2D eigenvalue weighted by Crippen LogP contribution is -2.31. The molecular formula is C24H23F3N4O. The Labute approximate surface area is 183 Å². The number of nitrogens with zero attached hydrogens (tertiary/aromatic N) is 2. The molecule has 5 nitrogen and oxygen atoms in total. The molecule has 1 fully saturated rings. The van der Waals surface area contributed by atoms with E-state index < -0.39 is 29.1 Å². The SMILES string of the molecule is C[C@@H]1C[C@@H](N)C[C@H](c2ccncc2NC(=O)c2ccc(F)c(-c3cc(F)ccc3F)n2)C1. The number of anilines is 1. The minimum Gasteiger partial charge on any atom is -0.328 e. The predicted molar refractivity (Wildman–Crippen MR) is 115 cm³/mol. The molecule has 8 heteroatoms. The van der Waals surface area contributed by atoms with Crippen molar-refractivity contribution >= 4 is 11.6 Å². The quantitative estimate of drug-likeness (QED) is 0.595. The van der Waals surface area contributed by atoms with Gasteiger partial charge in [0.1, 0.15) is 28.8 Å². The predicted octanol–water partition coefficient (Wildman–Crippen LogP) is 5.04. The molecule has 0 aliphatic heterocycles. The molecule has 3 atom stereocenters. The third kappa shape index (κ3) is 4.65. The molecule has 1 amide bonds. The zero-order chi connectivity index (χ0) is 22.8. The maximum Gasteiger partial charge on any atom is 0.274 e. The van der Waals surface area contributed by atoms with E-state index in [0.29, 0.717) is 11.6 Å². The van der Waals surface area contributed by atoms with Gasteiger partial charge in [0.05, 0.1) is 11.9 Å². The van der Waals surface area contributed by atoms with E-state index in [1.807, 2.05) is 6.07 Å². The highest BCUT2D eigenvalue weighted by Crippen LogP contribution is 2.38. The van der Waals surface area contributed by atoms with Crippen LogP contribution >= 0.6 is 0 Å². The van der Waals surface area contributed by atoms with Crippen molar-refractivity contribution in [1.29, 1.82) is 0 Å². The molecule has 1 saturated carbocycles. The molecule has 2 heterocycles. The Kier molecular flexibility index (Phi) is 6.23. The molecule has 1 aromatic carbocycles. The first kappa shape index (κ1) is 22.0. The van der Waals surface area contributed by atoms with Gasteiger partial charge in [0.15, 0.2) is 0 Å². The number of aromatic nitrogens is 2. The van der Waals surface area contributed by atoms with Gasteiger partial charge in [-0.1, -0.05) is 6.92 Å². The second-order valence-electron chi connectivity index (χ2n) is 8.34. The Balaban J connectivity index is 1.63. The molecule has 1 aliphatic rings. The molecule has 166 valence electrons. The lowest BCUT2D eigenvalue weighted by molar-refractivity contribution is 0.102. The Hall–Kier alpha value is -3.26. The highest BCUT2D eigenvalue weighted by Gasteiger charge is 2.27. The summed E-state index contributed by atoms with van der Waals surface area (Å²) in [5, 5.41) is 2.78. The standard InChI is InChI=1S/C24H23F3N4O/c1-13-8-14(10-16(28)9-13)17-6-7-29-12-22(17)31-24(32)21-5-4-20(27)23(30-21)18-11-15(25)2-3-19(18)26/h2-7,11-14,16H,8-10,28H2,1H3,(H,31,32)/t13-,14+,16+/m0/s1. The van der Waals surface area contributed by atoms with Crippen molar-refractivity contribution in [2.45, 2.75) is 38.1 Å². The van der Waals surface area contributed by atoms with E-state index in [2.05, 4.69) is 22.2 Å². The van der Waals surface area contributed by atoms with Crippen molar-refractivity contribution in [3.8, 4) is 11.3 Å². The first-order valence-corrected chi connectivity index (χ1v) is 10.4. The fraction of sp³-hybridized carbons (Fsp3) is 0.292. The molecule has 32 heavy (non-hydrogen) atoms. The summed E-state index contributed by atoms with van der Waals surface area (Å²) < 4.78 is 42.1. The highest BCUT2D eigenvalue weighted by atomic mass is 19.1. The third-order valence-electron chi connectivity index (χ3n) is 5.78. The fourth-order valence-electron chi connectivity index (χ4n) is 4.40. The van der Waals surface area contributed by atoms with E-state index in [1.165, 1.54) is 6.07 Å². The molecule has 4 rings (SSSR count). The fourth-order valence-corrected chi connectivity index (χ4v) is 4.40. The van der Waals surface area contributed by atoms with E-state index in [0.717, 1.165) is 49.1 Å². The molecule has 0 spiro atoms. The molecule has 3 N–H and O–H groups in total. The molecule has 0 saturated heterocycles. The molecule has 3 aromatic rings. The van der Waals surface area contributed by atoms with Crippen molar-refractivity contribution < 1.29 is 18.0 Å². The Morgan fingerprint density at radius 3 is 2.62 bits per heavy atom. The number of pyridine rings is 2. The van der Waals surface area contributed by atoms with Gasteiger partial charge < -0.3 is 11.1 Å². The van der Waals surface area contributed by atoms with Crippen LogP contribution in [0.2, 0.25) is 0 Å². The molecule has 0 radical (unpaired) electrons. The summed E-state index contributed by atoms with van der Waals surface area (Å²) in [5.74, 6) is -2.41. The number of hydrogen-bond acceptors (Lipinski definition) is 4. The molecule has 0 unspecified atom stereocenters. The molecular weight excluding hydrogens is 417 g/mol. The van der Waals surface area contributed by atoms with Gasteiger partial charge >= 0.3 is 0 Å². The van der Waals surface area contributed by atoms with E-state index in [1.54, 1.807) is 12.4 Å². The van der Waals surface area contributed by atoms with Crippen LogP contribution in [0.15, 0.2) is 48.8 Å². The number of rotatable bonds is 4. The second kappa shape index (κ2) is 9.08. The van der Waals surface area contributed by atoms with E-state index in [-0.39, 0.29) is 23.2 Å². The Bertz CT molecular complexity index is 1140. The minimum absolute atomic E-state index is 0.0861.